The Morgan fingerprint density at radius 1 is 0.970 bits per heavy atom. The highest BCUT2D eigenvalue weighted by molar-refractivity contribution is 6.99. The summed E-state index contributed by atoms with van der Waals surface area (Å²) in [5.41, 5.74) is -0.565. The maximum absolute atomic E-state index is 12.0. The van der Waals surface area contributed by atoms with Crippen LogP contribution in [0.4, 0.5) is 0 Å². The van der Waals surface area contributed by atoms with Crippen LogP contribution in [-0.2, 0) is 18.7 Å². The van der Waals surface area contributed by atoms with E-state index < -0.39 is 26.0 Å². The number of carbonyl (C=O) groups excluding carboxylic acids is 1. The van der Waals surface area contributed by atoms with Gasteiger partial charge in [-0.2, -0.15) is 0 Å². The summed E-state index contributed by atoms with van der Waals surface area (Å²) in [6.45, 7) is 12.7. The van der Waals surface area contributed by atoms with Gasteiger partial charge in [-0.05, 0) is 42.6 Å². The van der Waals surface area contributed by atoms with E-state index in [1.807, 2.05) is 32.9 Å². The van der Waals surface area contributed by atoms with Crippen molar-refractivity contribution >= 4 is 24.7 Å². The van der Waals surface area contributed by atoms with Gasteiger partial charge in [0, 0.05) is 6.61 Å². The van der Waals surface area contributed by atoms with Crippen LogP contribution in [0.1, 0.15) is 54.4 Å². The fraction of sp³-hybridized carbons (Fsp3) is 0.519. The fourth-order valence-electron chi connectivity index (χ4n) is 4.49. The van der Waals surface area contributed by atoms with Gasteiger partial charge >= 0.3 is 5.97 Å². The topological polar surface area (TPSA) is 68.3 Å². The zero-order valence-electron chi connectivity index (χ0n) is 20.7. The average molecular weight is 471 g/mol. The van der Waals surface area contributed by atoms with Crippen molar-refractivity contribution in [1.82, 2.24) is 0 Å². The molecule has 1 aliphatic heterocycles. The lowest BCUT2D eigenvalue weighted by atomic mass is 10.1. The Hall–Kier alpha value is -1.99. The zero-order valence-corrected chi connectivity index (χ0v) is 21.7. The Balaban J connectivity index is 1.68. The molecular formula is C27H38O5Si. The van der Waals surface area contributed by atoms with Crippen molar-refractivity contribution in [2.24, 2.45) is 0 Å². The molecule has 0 aliphatic carbocycles. The lowest BCUT2D eigenvalue weighted by molar-refractivity contribution is -0.157. The molecule has 3 rings (SSSR count). The van der Waals surface area contributed by atoms with Crippen molar-refractivity contribution < 1.29 is 23.8 Å². The van der Waals surface area contributed by atoms with Crippen LogP contribution in [0.25, 0.3) is 0 Å². The Labute approximate surface area is 199 Å². The van der Waals surface area contributed by atoms with Gasteiger partial charge in [0.15, 0.2) is 0 Å². The van der Waals surface area contributed by atoms with Crippen LogP contribution < -0.4 is 10.4 Å². The quantitative estimate of drug-likeness (QED) is 0.343. The minimum atomic E-state index is -2.58. The molecule has 2 aromatic carbocycles. The first-order valence-electron chi connectivity index (χ1n) is 11.7. The molecule has 0 spiro atoms. The summed E-state index contributed by atoms with van der Waals surface area (Å²) in [4.78, 5) is 12.0. The highest BCUT2D eigenvalue weighted by atomic mass is 28.4. The molecule has 0 saturated carbocycles. The highest BCUT2D eigenvalue weighted by Gasteiger charge is 2.51. The van der Waals surface area contributed by atoms with Gasteiger partial charge in [-0.1, -0.05) is 81.4 Å². The van der Waals surface area contributed by atoms with E-state index in [2.05, 4.69) is 69.3 Å². The van der Waals surface area contributed by atoms with E-state index >= 15 is 0 Å². The first-order valence-corrected chi connectivity index (χ1v) is 13.7. The second kappa shape index (κ2) is 10.1. The van der Waals surface area contributed by atoms with Crippen LogP contribution in [-0.4, -0.2) is 49.9 Å². The number of aliphatic hydroxyl groups is 1. The molecule has 3 atom stereocenters. The van der Waals surface area contributed by atoms with Crippen LogP contribution in [0.15, 0.2) is 60.7 Å². The normalized spacial score (nSPS) is 19.7. The molecule has 1 saturated heterocycles. The largest absolute Gasteiger partial charge is 0.460 e. The molecule has 33 heavy (non-hydrogen) atoms. The summed E-state index contributed by atoms with van der Waals surface area (Å²) in [6, 6.07) is 21.0. The van der Waals surface area contributed by atoms with Crippen molar-refractivity contribution in [3.05, 3.63) is 60.7 Å². The monoisotopic (exact) mass is 470 g/mol. The van der Waals surface area contributed by atoms with Gasteiger partial charge in [-0.3, -0.25) is 4.79 Å². The van der Waals surface area contributed by atoms with E-state index in [1.54, 1.807) is 0 Å². The number of ether oxygens (including phenoxy) is 2. The number of epoxide rings is 1. The van der Waals surface area contributed by atoms with Gasteiger partial charge in [-0.15, -0.1) is 0 Å². The molecule has 1 aliphatic rings. The number of hydrogen-bond acceptors (Lipinski definition) is 5. The molecule has 6 heteroatoms. The number of aliphatic hydroxyl groups excluding tert-OH is 1. The molecule has 0 aromatic heterocycles. The molecule has 2 aromatic rings. The molecule has 1 heterocycles. The van der Waals surface area contributed by atoms with Gasteiger partial charge in [0.2, 0.25) is 0 Å². The predicted octanol–water partition coefficient (Wildman–Crippen LogP) is 3.81. The number of hydrogen-bond donors (Lipinski definition) is 1. The number of carbonyl (C=O) groups is 1. The minimum absolute atomic E-state index is 0.0615. The van der Waals surface area contributed by atoms with Crippen molar-refractivity contribution in [1.29, 1.82) is 0 Å². The molecule has 180 valence electrons. The van der Waals surface area contributed by atoms with Gasteiger partial charge in [0.05, 0.1) is 18.6 Å². The summed E-state index contributed by atoms with van der Waals surface area (Å²) in [6.07, 6.45) is -0.715. The Kier molecular flexibility index (Phi) is 7.84. The van der Waals surface area contributed by atoms with Crippen LogP contribution >= 0.6 is 0 Å². The van der Waals surface area contributed by atoms with E-state index in [-0.39, 0.29) is 23.7 Å². The van der Waals surface area contributed by atoms with E-state index in [4.69, 9.17) is 13.9 Å². The smallest absolute Gasteiger partial charge is 0.309 e. The minimum Gasteiger partial charge on any atom is -0.460 e. The Bertz CT molecular complexity index is 862. The SMILES string of the molecule is CC(C)(C)OC(=O)CC(O)[C@H]1O[C@@H]1CCO[Si](c1ccccc1)(c1ccccc1)C(C)(C)C. The summed E-state index contributed by atoms with van der Waals surface area (Å²) in [5, 5.41) is 12.8. The standard InChI is InChI=1S/C27H38O5Si/c1-26(2,3)32-24(29)19-22(28)25-23(31-25)17-18-30-33(27(4,5)6,20-13-9-7-10-14-20)21-15-11-8-12-16-21/h7-16,22-23,25,28H,17-19H2,1-6H3/t22?,23-,25-/m1/s1. The number of esters is 1. The van der Waals surface area contributed by atoms with Crippen LogP contribution in [0.2, 0.25) is 5.04 Å². The maximum Gasteiger partial charge on any atom is 0.309 e. The summed E-state index contributed by atoms with van der Waals surface area (Å²) < 4.78 is 17.9. The third-order valence-electron chi connectivity index (χ3n) is 5.93. The van der Waals surface area contributed by atoms with Gasteiger partial charge < -0.3 is 19.0 Å². The van der Waals surface area contributed by atoms with E-state index in [0.717, 1.165) is 0 Å². The fourth-order valence-corrected chi connectivity index (χ4v) is 9.07. The van der Waals surface area contributed by atoms with E-state index in [0.29, 0.717) is 13.0 Å². The molecule has 0 bridgehead atoms. The predicted molar refractivity (Wildman–Crippen MR) is 133 cm³/mol. The molecule has 1 unspecified atom stereocenters. The Morgan fingerprint density at radius 3 is 1.94 bits per heavy atom. The first-order chi connectivity index (χ1) is 15.4. The van der Waals surface area contributed by atoms with E-state index in [9.17, 15) is 9.90 Å². The van der Waals surface area contributed by atoms with Gasteiger partial charge in [-0.25, -0.2) is 0 Å². The Morgan fingerprint density at radius 2 is 1.48 bits per heavy atom. The summed E-state index contributed by atoms with van der Waals surface area (Å²) in [7, 11) is -2.58. The van der Waals surface area contributed by atoms with Crippen LogP contribution in [0, 0.1) is 0 Å². The lowest BCUT2D eigenvalue weighted by Gasteiger charge is -2.43. The first kappa shape index (κ1) is 25.6. The molecule has 1 N–H and O–H groups in total. The van der Waals surface area contributed by atoms with E-state index in [1.165, 1.54) is 10.4 Å². The van der Waals surface area contributed by atoms with Crippen molar-refractivity contribution in [3.8, 4) is 0 Å². The van der Waals surface area contributed by atoms with Crippen LogP contribution in [0.3, 0.4) is 0 Å². The number of rotatable bonds is 9. The van der Waals surface area contributed by atoms with Gasteiger partial charge in [0.1, 0.15) is 11.7 Å². The maximum atomic E-state index is 12.0. The molecule has 0 amide bonds. The second-order valence-corrected chi connectivity index (χ2v) is 15.1. The van der Waals surface area contributed by atoms with Crippen molar-refractivity contribution in [3.63, 3.8) is 0 Å². The third-order valence-corrected chi connectivity index (χ3v) is 11.0. The van der Waals surface area contributed by atoms with Crippen molar-refractivity contribution in [2.75, 3.05) is 6.61 Å². The van der Waals surface area contributed by atoms with Crippen LogP contribution in [0.5, 0.6) is 0 Å². The zero-order chi connectivity index (χ0) is 24.3. The molecule has 0 radical (unpaired) electrons. The summed E-state index contributed by atoms with van der Waals surface area (Å²) >= 11 is 0. The number of benzene rings is 2. The summed E-state index contributed by atoms with van der Waals surface area (Å²) in [5.74, 6) is -0.409. The van der Waals surface area contributed by atoms with Gasteiger partial charge in [0.25, 0.3) is 8.32 Å². The third kappa shape index (κ3) is 6.32. The van der Waals surface area contributed by atoms with Crippen molar-refractivity contribution in [2.45, 2.75) is 83.3 Å². The molecule has 1 fully saturated rings. The lowest BCUT2D eigenvalue weighted by Crippen LogP contribution is -2.66. The molecule has 5 nitrogen and oxygen atoms in total. The highest BCUT2D eigenvalue weighted by Crippen LogP contribution is 2.38. The average Bonchev–Trinajstić information content (AvgIpc) is 3.50. The second-order valence-electron chi connectivity index (χ2n) is 10.8. The molecular weight excluding hydrogens is 432 g/mol.